The van der Waals surface area contributed by atoms with Gasteiger partial charge in [-0.3, -0.25) is 14.4 Å². The van der Waals surface area contributed by atoms with Crippen molar-refractivity contribution in [3.63, 3.8) is 0 Å². The number of hydrogen-bond acceptors (Lipinski definition) is 8. The van der Waals surface area contributed by atoms with Crippen LogP contribution >= 0.6 is 0 Å². The highest BCUT2D eigenvalue weighted by Crippen LogP contribution is 2.75. The van der Waals surface area contributed by atoms with Crippen LogP contribution < -0.4 is 0 Å². The molecule has 0 radical (unpaired) electrons. The molecule has 3 N–H and O–H groups in total. The number of unbranched alkanes of at least 4 members (excludes halogenated alkanes) is 6. The monoisotopic (exact) mass is 588 g/mol. The molecule has 2 unspecified atom stereocenters. The number of aliphatic hydroxyl groups is 3. The van der Waals surface area contributed by atoms with Gasteiger partial charge in [0.25, 0.3) is 0 Å². The van der Waals surface area contributed by atoms with Gasteiger partial charge in [0, 0.05) is 30.1 Å². The van der Waals surface area contributed by atoms with Crippen LogP contribution in [0.3, 0.4) is 0 Å². The highest BCUT2D eigenvalue weighted by atomic mass is 16.6. The number of Topliss-reactive ketones (excluding diaryl/α,β-unsaturated/α-hetero) is 1. The first kappa shape index (κ1) is 32.9. The average Bonchev–Trinajstić information content (AvgIpc) is 3.35. The fourth-order valence-corrected chi connectivity index (χ4v) is 8.60. The minimum atomic E-state index is -2.26. The fraction of sp³-hybridized carbons (Fsp3) is 0.794. The normalized spacial score (nSPS) is 37.9. The Morgan fingerprint density at radius 1 is 0.952 bits per heavy atom. The van der Waals surface area contributed by atoms with Crippen LogP contribution in [0.15, 0.2) is 23.3 Å². The number of fused-ring (bicyclic) bond motifs is 3. The van der Waals surface area contributed by atoms with Crippen molar-refractivity contribution >= 4 is 17.7 Å². The number of aliphatic hydroxyl groups excluding tert-OH is 2. The molecular formula is C34H52O8. The Balaban J connectivity index is 1.70. The van der Waals surface area contributed by atoms with E-state index >= 15 is 0 Å². The van der Waals surface area contributed by atoms with E-state index in [4.69, 9.17) is 9.47 Å². The number of ketones is 1. The number of ether oxygens (including phenoxy) is 2. The molecule has 8 nitrogen and oxygen atoms in total. The zero-order chi connectivity index (χ0) is 31.1. The lowest BCUT2D eigenvalue weighted by molar-refractivity contribution is -0.192. The molecule has 4 aliphatic rings. The molecule has 4 rings (SSSR count). The first-order valence-electron chi connectivity index (χ1n) is 16.2. The number of esters is 2. The second kappa shape index (κ2) is 12.2. The molecule has 0 saturated heterocycles. The number of allylic oxidation sites excluding steroid dienone is 1. The zero-order valence-electron chi connectivity index (χ0n) is 26.4. The number of hydrogen-bond donors (Lipinski definition) is 3. The van der Waals surface area contributed by atoms with Gasteiger partial charge in [-0.2, -0.15) is 0 Å². The Bertz CT molecular complexity index is 1120. The van der Waals surface area contributed by atoms with Gasteiger partial charge in [-0.15, -0.1) is 0 Å². The van der Waals surface area contributed by atoms with E-state index in [0.29, 0.717) is 24.8 Å². The summed E-state index contributed by atoms with van der Waals surface area (Å²) in [7, 11) is 0. The number of carbonyl (C=O) groups is 3. The summed E-state index contributed by atoms with van der Waals surface area (Å²) in [6.45, 7) is 11.4. The van der Waals surface area contributed by atoms with Crippen LogP contribution in [0.5, 0.6) is 0 Å². The van der Waals surface area contributed by atoms with E-state index < -0.39 is 52.0 Å². The molecule has 8 atom stereocenters. The van der Waals surface area contributed by atoms with E-state index in [1.807, 2.05) is 27.7 Å². The predicted molar refractivity (Wildman–Crippen MR) is 158 cm³/mol. The first-order chi connectivity index (χ1) is 19.8. The van der Waals surface area contributed by atoms with Crippen LogP contribution in [0, 0.1) is 28.6 Å². The van der Waals surface area contributed by atoms with Crippen molar-refractivity contribution in [2.45, 2.75) is 136 Å². The number of rotatable bonds is 13. The second-order valence-electron chi connectivity index (χ2n) is 14.0. The van der Waals surface area contributed by atoms with Crippen LogP contribution in [0.4, 0.5) is 0 Å². The van der Waals surface area contributed by atoms with Crippen molar-refractivity contribution in [2.24, 2.45) is 28.6 Å². The minimum Gasteiger partial charge on any atom is -0.461 e. The summed E-state index contributed by atoms with van der Waals surface area (Å²) in [4.78, 5) is 40.4. The molecule has 8 heteroatoms. The summed E-state index contributed by atoms with van der Waals surface area (Å²) in [5.41, 5.74) is -4.74. The Morgan fingerprint density at radius 3 is 2.21 bits per heavy atom. The van der Waals surface area contributed by atoms with Crippen molar-refractivity contribution in [1.29, 1.82) is 0 Å². The van der Waals surface area contributed by atoms with Crippen LogP contribution in [0.1, 0.15) is 112 Å². The average molecular weight is 589 g/mol. The molecule has 236 valence electrons. The third-order valence-corrected chi connectivity index (χ3v) is 11.0. The second-order valence-corrected chi connectivity index (χ2v) is 14.0. The standard InChI is InChI=1S/C34H52O8/c1-7-9-11-12-14-16-26(36)42-33-19-22(4)32-18-21(3)28(37)34(32,40)29(38)23(20-41-25(35)15-13-10-8-2)17-24(30(32)39)27(33)31(33,5)6/h17-18,22,24,27-29,37-38,40H,7-16,19-20H2,1-6H3/t22?,24-,27+,28-,29+,32?,33-,34+/m0/s1. The Morgan fingerprint density at radius 2 is 1.55 bits per heavy atom. The summed E-state index contributed by atoms with van der Waals surface area (Å²) in [5, 5.41) is 35.3. The third kappa shape index (κ3) is 4.99. The highest BCUT2D eigenvalue weighted by molar-refractivity contribution is 5.96. The van der Waals surface area contributed by atoms with Crippen molar-refractivity contribution < 1.29 is 39.2 Å². The maximum Gasteiger partial charge on any atom is 0.306 e. The maximum absolute atomic E-state index is 14.7. The Hall–Kier alpha value is -2.03. The molecule has 0 heterocycles. The maximum atomic E-state index is 14.7. The summed E-state index contributed by atoms with van der Waals surface area (Å²) >= 11 is 0. The molecule has 4 aliphatic carbocycles. The SMILES string of the molecule is CCCCCCCC(=O)O[C@@]12CC(C)C34C=C(C)[C@H](O)[C@@]3(O)[C@H](O)C(COC(=O)CCCCC)=C[C@H](C4=O)[C@@H]1C2(C)C. The Kier molecular flexibility index (Phi) is 9.52. The van der Waals surface area contributed by atoms with E-state index in [0.717, 1.165) is 44.9 Å². The largest absolute Gasteiger partial charge is 0.461 e. The van der Waals surface area contributed by atoms with Gasteiger partial charge >= 0.3 is 11.9 Å². The predicted octanol–water partition coefficient (Wildman–Crippen LogP) is 4.97. The fourth-order valence-electron chi connectivity index (χ4n) is 8.60. The van der Waals surface area contributed by atoms with Gasteiger partial charge in [0.1, 0.15) is 30.0 Å². The van der Waals surface area contributed by atoms with Gasteiger partial charge in [0.2, 0.25) is 0 Å². The highest BCUT2D eigenvalue weighted by Gasteiger charge is 2.83. The van der Waals surface area contributed by atoms with Gasteiger partial charge in [-0.1, -0.05) is 85.3 Å². The molecule has 0 aromatic rings. The van der Waals surface area contributed by atoms with E-state index in [1.54, 1.807) is 19.1 Å². The molecule has 0 aliphatic heterocycles. The lowest BCUT2D eigenvalue weighted by Crippen LogP contribution is -2.65. The van der Waals surface area contributed by atoms with Crippen molar-refractivity contribution in [1.82, 2.24) is 0 Å². The van der Waals surface area contributed by atoms with Gasteiger partial charge in [-0.25, -0.2) is 0 Å². The van der Waals surface area contributed by atoms with E-state index in [1.165, 1.54) is 0 Å². The summed E-state index contributed by atoms with van der Waals surface area (Å²) in [6.07, 6.45) is 8.56. The van der Waals surface area contributed by atoms with Crippen molar-refractivity contribution in [3.05, 3.63) is 23.3 Å². The van der Waals surface area contributed by atoms with Crippen LogP contribution in [0.2, 0.25) is 0 Å². The summed E-state index contributed by atoms with van der Waals surface area (Å²) in [5.74, 6) is -2.77. The van der Waals surface area contributed by atoms with Gasteiger partial charge in [-0.05, 0) is 43.3 Å². The van der Waals surface area contributed by atoms with Crippen LogP contribution in [0.25, 0.3) is 0 Å². The molecule has 0 aromatic carbocycles. The third-order valence-electron chi connectivity index (χ3n) is 11.0. The van der Waals surface area contributed by atoms with Crippen molar-refractivity contribution in [3.8, 4) is 0 Å². The Labute approximate surface area is 250 Å². The molecule has 0 aromatic heterocycles. The van der Waals surface area contributed by atoms with E-state index in [2.05, 4.69) is 6.92 Å². The van der Waals surface area contributed by atoms with E-state index in [9.17, 15) is 29.7 Å². The molecule has 2 saturated carbocycles. The molecular weight excluding hydrogens is 536 g/mol. The minimum absolute atomic E-state index is 0.191. The lowest BCUT2D eigenvalue weighted by atomic mass is 9.59. The van der Waals surface area contributed by atoms with Gasteiger partial charge in [0.05, 0.1) is 5.41 Å². The topological polar surface area (TPSA) is 130 Å². The summed E-state index contributed by atoms with van der Waals surface area (Å²) < 4.78 is 11.9. The lowest BCUT2D eigenvalue weighted by Gasteiger charge is -2.48. The first-order valence-corrected chi connectivity index (χ1v) is 16.2. The van der Waals surface area contributed by atoms with E-state index in [-0.39, 0.29) is 36.3 Å². The molecule has 42 heavy (non-hydrogen) atoms. The zero-order valence-corrected chi connectivity index (χ0v) is 26.4. The smallest absolute Gasteiger partial charge is 0.306 e. The molecule has 0 amide bonds. The van der Waals surface area contributed by atoms with Crippen LogP contribution in [-0.2, 0) is 23.9 Å². The van der Waals surface area contributed by atoms with Gasteiger partial charge < -0.3 is 24.8 Å². The quantitative estimate of drug-likeness (QED) is 0.156. The van der Waals surface area contributed by atoms with Crippen LogP contribution in [-0.4, -0.2) is 63.1 Å². The summed E-state index contributed by atoms with van der Waals surface area (Å²) in [6, 6.07) is 0. The van der Waals surface area contributed by atoms with Crippen molar-refractivity contribution in [2.75, 3.05) is 6.61 Å². The molecule has 1 spiro atoms. The number of carbonyl (C=O) groups excluding carboxylic acids is 3. The van der Waals surface area contributed by atoms with Gasteiger partial charge in [0.15, 0.2) is 5.78 Å². The molecule has 2 fully saturated rings. The molecule has 2 bridgehead atoms.